The van der Waals surface area contributed by atoms with E-state index in [9.17, 15) is 19.3 Å². The van der Waals surface area contributed by atoms with Gasteiger partial charge in [-0.25, -0.2) is 4.39 Å². The first-order valence-electron chi connectivity index (χ1n) is 5.74. The van der Waals surface area contributed by atoms with Crippen LogP contribution in [0.4, 0.5) is 15.8 Å². The molecule has 0 aliphatic heterocycles. The molecule has 6 nitrogen and oxygen atoms in total. The molecule has 0 aliphatic rings. The van der Waals surface area contributed by atoms with E-state index < -0.39 is 16.7 Å². The number of nitro benzene ring substituents is 1. The summed E-state index contributed by atoms with van der Waals surface area (Å²) in [6.07, 6.45) is -0.123. The van der Waals surface area contributed by atoms with Crippen molar-refractivity contribution >= 4 is 17.3 Å². The van der Waals surface area contributed by atoms with Crippen LogP contribution in [0.3, 0.4) is 0 Å². The number of halogens is 1. The third-order valence-electron chi connectivity index (χ3n) is 2.60. The minimum absolute atomic E-state index is 0.0965. The average molecular weight is 270 g/mol. The van der Waals surface area contributed by atoms with Crippen molar-refractivity contribution in [2.45, 2.75) is 26.3 Å². The molecule has 1 aromatic carbocycles. The molecule has 0 bridgehead atoms. The van der Waals surface area contributed by atoms with E-state index in [1.165, 1.54) is 6.07 Å². The predicted molar refractivity (Wildman–Crippen MR) is 67.8 cm³/mol. The lowest BCUT2D eigenvalue weighted by Crippen LogP contribution is -2.33. The average Bonchev–Trinajstić information content (AvgIpc) is 2.27. The molecule has 0 fully saturated rings. The molecule has 0 saturated heterocycles. The first-order valence-corrected chi connectivity index (χ1v) is 5.74. The second-order valence-electron chi connectivity index (χ2n) is 4.36. The summed E-state index contributed by atoms with van der Waals surface area (Å²) in [4.78, 5) is 22.2. The fourth-order valence-electron chi connectivity index (χ4n) is 1.73. The molecule has 0 unspecified atom stereocenters. The highest BCUT2D eigenvalue weighted by Crippen LogP contribution is 2.25. The lowest BCUT2D eigenvalue weighted by Gasteiger charge is -2.28. The molecule has 1 aromatic rings. The second kappa shape index (κ2) is 6.12. The topological polar surface area (TPSA) is 83.7 Å². The van der Waals surface area contributed by atoms with Crippen molar-refractivity contribution in [1.29, 1.82) is 0 Å². The van der Waals surface area contributed by atoms with Crippen LogP contribution in [-0.2, 0) is 4.79 Å². The summed E-state index contributed by atoms with van der Waals surface area (Å²) < 4.78 is 13.4. The summed E-state index contributed by atoms with van der Waals surface area (Å²) in [6, 6.07) is 3.14. The maximum absolute atomic E-state index is 13.4. The Labute approximate surface area is 109 Å². The molecule has 0 aromatic heterocycles. The normalized spacial score (nSPS) is 10.5. The molecular formula is C12H15FN2O4. The van der Waals surface area contributed by atoms with Crippen LogP contribution in [0, 0.1) is 15.9 Å². The molecule has 0 saturated carbocycles. The second-order valence-corrected chi connectivity index (χ2v) is 4.36. The fourth-order valence-corrected chi connectivity index (χ4v) is 1.73. The Hall–Kier alpha value is -2.18. The molecule has 0 atom stereocenters. The van der Waals surface area contributed by atoms with Gasteiger partial charge in [0.25, 0.3) is 5.69 Å². The third kappa shape index (κ3) is 4.20. The van der Waals surface area contributed by atoms with Gasteiger partial charge in [0.05, 0.1) is 17.4 Å². The van der Waals surface area contributed by atoms with Crippen LogP contribution in [-0.4, -0.2) is 28.6 Å². The van der Waals surface area contributed by atoms with E-state index in [-0.39, 0.29) is 24.7 Å². The zero-order valence-corrected chi connectivity index (χ0v) is 10.7. The molecule has 1 rings (SSSR count). The molecule has 7 heteroatoms. The number of nitro groups is 1. The van der Waals surface area contributed by atoms with Gasteiger partial charge in [-0.15, -0.1) is 0 Å². The standard InChI is InChI=1S/C12H15FN2O4/c1-8(2)14(4-3-12(16)17)10-5-9(13)6-11(7-10)15(18)19/h5-8H,3-4H2,1-2H3,(H,16,17). The van der Waals surface area contributed by atoms with Gasteiger partial charge in [0.15, 0.2) is 0 Å². The Balaban J connectivity index is 3.08. The van der Waals surface area contributed by atoms with Gasteiger partial charge in [0, 0.05) is 24.3 Å². The number of rotatable bonds is 6. The summed E-state index contributed by atoms with van der Waals surface area (Å²) in [5.74, 6) is -1.69. The molecule has 104 valence electrons. The monoisotopic (exact) mass is 270 g/mol. The minimum Gasteiger partial charge on any atom is -0.481 e. The minimum atomic E-state index is -0.975. The van der Waals surface area contributed by atoms with Gasteiger partial charge in [-0.2, -0.15) is 0 Å². The number of carboxylic acid groups (broad SMARTS) is 1. The molecule has 0 spiro atoms. The summed E-state index contributed by atoms with van der Waals surface area (Å²) in [5, 5.41) is 19.4. The van der Waals surface area contributed by atoms with Crippen LogP contribution in [0.25, 0.3) is 0 Å². The van der Waals surface area contributed by atoms with Crippen molar-refractivity contribution in [3.63, 3.8) is 0 Å². The first-order chi connectivity index (χ1) is 8.81. The van der Waals surface area contributed by atoms with Gasteiger partial charge in [-0.3, -0.25) is 14.9 Å². The number of hydrogen-bond donors (Lipinski definition) is 1. The lowest BCUT2D eigenvalue weighted by molar-refractivity contribution is -0.385. The number of non-ortho nitro benzene ring substituents is 1. The smallest absolute Gasteiger partial charge is 0.305 e. The Morgan fingerprint density at radius 1 is 1.47 bits per heavy atom. The van der Waals surface area contributed by atoms with E-state index in [4.69, 9.17) is 5.11 Å². The molecule has 0 aliphatic carbocycles. The van der Waals surface area contributed by atoms with E-state index >= 15 is 0 Å². The maximum atomic E-state index is 13.4. The number of benzene rings is 1. The molecule has 19 heavy (non-hydrogen) atoms. The summed E-state index contributed by atoms with van der Waals surface area (Å²) >= 11 is 0. The largest absolute Gasteiger partial charge is 0.481 e. The van der Waals surface area contributed by atoms with Crippen molar-refractivity contribution in [2.24, 2.45) is 0 Å². The van der Waals surface area contributed by atoms with Crippen LogP contribution in [0.2, 0.25) is 0 Å². The number of aliphatic carboxylic acids is 1. The summed E-state index contributed by atoms with van der Waals surface area (Å²) in [7, 11) is 0. The maximum Gasteiger partial charge on any atom is 0.305 e. The summed E-state index contributed by atoms with van der Waals surface area (Å²) in [5.41, 5.74) is -0.0427. The summed E-state index contributed by atoms with van der Waals surface area (Å²) in [6.45, 7) is 3.77. The van der Waals surface area contributed by atoms with Gasteiger partial charge < -0.3 is 10.0 Å². The predicted octanol–water partition coefficient (Wildman–Crippen LogP) is 2.42. The highest BCUT2D eigenvalue weighted by molar-refractivity contribution is 5.68. The zero-order chi connectivity index (χ0) is 14.6. The van der Waals surface area contributed by atoms with Crippen molar-refractivity contribution in [3.8, 4) is 0 Å². The lowest BCUT2D eigenvalue weighted by atomic mass is 10.2. The Morgan fingerprint density at radius 3 is 2.58 bits per heavy atom. The van der Waals surface area contributed by atoms with Crippen LogP contribution < -0.4 is 4.90 Å². The number of nitrogens with zero attached hydrogens (tertiary/aromatic N) is 2. The van der Waals surface area contributed by atoms with E-state index in [0.29, 0.717) is 5.69 Å². The van der Waals surface area contributed by atoms with Crippen molar-refractivity contribution < 1.29 is 19.2 Å². The van der Waals surface area contributed by atoms with Gasteiger partial charge in [0.2, 0.25) is 0 Å². The number of hydrogen-bond acceptors (Lipinski definition) is 4. The first kappa shape index (κ1) is 14.9. The quantitative estimate of drug-likeness (QED) is 0.634. The SMILES string of the molecule is CC(C)N(CCC(=O)O)c1cc(F)cc([N+](=O)[O-])c1. The molecule has 0 radical (unpaired) electrons. The van der Waals surface area contributed by atoms with Crippen LogP contribution in [0.15, 0.2) is 18.2 Å². The molecule has 0 amide bonds. The Kier molecular flexibility index (Phi) is 4.80. The van der Waals surface area contributed by atoms with Crippen molar-refractivity contribution in [1.82, 2.24) is 0 Å². The van der Waals surface area contributed by atoms with Crippen LogP contribution in [0.1, 0.15) is 20.3 Å². The zero-order valence-electron chi connectivity index (χ0n) is 10.7. The molecule has 0 heterocycles. The molecule has 1 N–H and O–H groups in total. The van der Waals surface area contributed by atoms with Crippen LogP contribution >= 0.6 is 0 Å². The van der Waals surface area contributed by atoms with Crippen molar-refractivity contribution in [2.75, 3.05) is 11.4 Å². The number of carbonyl (C=O) groups is 1. The van der Waals surface area contributed by atoms with Crippen molar-refractivity contribution in [3.05, 3.63) is 34.1 Å². The van der Waals surface area contributed by atoms with Gasteiger partial charge in [0.1, 0.15) is 5.82 Å². The highest BCUT2D eigenvalue weighted by Gasteiger charge is 2.17. The molecular weight excluding hydrogens is 255 g/mol. The van der Waals surface area contributed by atoms with Crippen LogP contribution in [0.5, 0.6) is 0 Å². The van der Waals surface area contributed by atoms with E-state index in [1.807, 2.05) is 0 Å². The Bertz CT molecular complexity index is 491. The third-order valence-corrected chi connectivity index (χ3v) is 2.60. The van der Waals surface area contributed by atoms with E-state index in [2.05, 4.69) is 0 Å². The van der Waals surface area contributed by atoms with Gasteiger partial charge >= 0.3 is 5.97 Å². The van der Waals surface area contributed by atoms with Gasteiger partial charge in [-0.1, -0.05) is 0 Å². The highest BCUT2D eigenvalue weighted by atomic mass is 19.1. The number of anilines is 1. The Morgan fingerprint density at radius 2 is 2.11 bits per heavy atom. The van der Waals surface area contributed by atoms with Gasteiger partial charge in [-0.05, 0) is 19.9 Å². The van der Waals surface area contributed by atoms with E-state index in [0.717, 1.165) is 12.1 Å². The van der Waals surface area contributed by atoms with E-state index in [1.54, 1.807) is 18.7 Å². The fraction of sp³-hybridized carbons (Fsp3) is 0.417. The number of carboxylic acids is 1.